The number of pyridine rings is 2. The Morgan fingerprint density at radius 3 is 3.22 bits per heavy atom. The molecular formula is C17H16N4O2. The number of anilines is 1. The summed E-state index contributed by atoms with van der Waals surface area (Å²) in [4.78, 5) is 26.2. The van der Waals surface area contributed by atoms with Crippen LogP contribution >= 0.6 is 0 Å². The first kappa shape index (κ1) is 13.8. The quantitative estimate of drug-likeness (QED) is 0.788. The highest BCUT2D eigenvalue weighted by Crippen LogP contribution is 2.30. The number of carbonyl (C=O) groups excluding carboxylic acids is 1. The van der Waals surface area contributed by atoms with Crippen LogP contribution < -0.4 is 9.64 Å². The fraction of sp³-hybridized carbons (Fsp3) is 0.235. The van der Waals surface area contributed by atoms with E-state index in [2.05, 4.69) is 15.0 Å². The van der Waals surface area contributed by atoms with Crippen molar-refractivity contribution in [3.8, 4) is 5.88 Å². The van der Waals surface area contributed by atoms with Crippen LogP contribution in [0, 0.1) is 6.92 Å². The van der Waals surface area contributed by atoms with Crippen LogP contribution in [0.2, 0.25) is 0 Å². The number of hydrogen-bond donors (Lipinski definition) is 1. The van der Waals surface area contributed by atoms with E-state index in [0.717, 1.165) is 28.0 Å². The second-order valence-corrected chi connectivity index (χ2v) is 5.56. The van der Waals surface area contributed by atoms with Crippen molar-refractivity contribution in [2.45, 2.75) is 13.3 Å². The van der Waals surface area contributed by atoms with E-state index in [4.69, 9.17) is 4.74 Å². The Morgan fingerprint density at radius 2 is 2.30 bits per heavy atom. The summed E-state index contributed by atoms with van der Waals surface area (Å²) in [6.45, 7) is 2.91. The number of amides is 1. The minimum atomic E-state index is 0.0324. The van der Waals surface area contributed by atoms with Gasteiger partial charge < -0.3 is 14.6 Å². The topological polar surface area (TPSA) is 71.1 Å². The number of carbonyl (C=O) groups is 1. The molecule has 6 nitrogen and oxygen atoms in total. The van der Waals surface area contributed by atoms with Crippen LogP contribution in [0.5, 0.6) is 5.88 Å². The standard InChI is InChI=1S/C17H16N4O2/c1-11-4-5-14-17(20-11)23-8-7-21(14)15(22)9-12-10-19-16-13(12)3-2-6-18-16/h2-6,10H,7-9H2,1H3,(H,18,19). The number of ether oxygens (including phenoxy) is 1. The lowest BCUT2D eigenvalue weighted by molar-refractivity contribution is -0.118. The Labute approximate surface area is 133 Å². The largest absolute Gasteiger partial charge is 0.474 e. The number of rotatable bonds is 2. The first-order valence-electron chi connectivity index (χ1n) is 7.54. The zero-order chi connectivity index (χ0) is 15.8. The number of hydrogen-bond acceptors (Lipinski definition) is 4. The lowest BCUT2D eigenvalue weighted by Gasteiger charge is -2.28. The molecule has 0 saturated heterocycles. The van der Waals surface area contributed by atoms with E-state index in [1.807, 2.05) is 37.4 Å². The first-order valence-corrected chi connectivity index (χ1v) is 7.54. The molecule has 0 aliphatic carbocycles. The van der Waals surface area contributed by atoms with Crippen molar-refractivity contribution in [1.29, 1.82) is 0 Å². The summed E-state index contributed by atoms with van der Waals surface area (Å²) in [6, 6.07) is 7.63. The molecule has 4 heterocycles. The Bertz CT molecular complexity index is 887. The average Bonchev–Trinajstić information content (AvgIpc) is 2.97. The highest BCUT2D eigenvalue weighted by Gasteiger charge is 2.25. The Hall–Kier alpha value is -2.89. The third-order valence-electron chi connectivity index (χ3n) is 4.00. The molecule has 0 unspecified atom stereocenters. The Morgan fingerprint density at radius 1 is 1.39 bits per heavy atom. The van der Waals surface area contributed by atoms with Gasteiger partial charge in [0.15, 0.2) is 0 Å². The zero-order valence-corrected chi connectivity index (χ0v) is 12.7. The van der Waals surface area contributed by atoms with Crippen LogP contribution in [0.4, 0.5) is 5.69 Å². The van der Waals surface area contributed by atoms with E-state index < -0.39 is 0 Å². The predicted octanol–water partition coefficient (Wildman–Crippen LogP) is 2.23. The maximum Gasteiger partial charge on any atom is 0.238 e. The summed E-state index contributed by atoms with van der Waals surface area (Å²) in [5.74, 6) is 0.565. The number of aromatic amines is 1. The van der Waals surface area contributed by atoms with Gasteiger partial charge in [-0.05, 0) is 36.8 Å². The van der Waals surface area contributed by atoms with E-state index in [-0.39, 0.29) is 5.91 Å². The van der Waals surface area contributed by atoms with Crippen LogP contribution in [0.1, 0.15) is 11.3 Å². The van der Waals surface area contributed by atoms with Gasteiger partial charge in [-0.25, -0.2) is 9.97 Å². The average molecular weight is 308 g/mol. The molecule has 0 bridgehead atoms. The SMILES string of the molecule is Cc1ccc2c(n1)OCCN2C(=O)Cc1c[nH]c2ncccc12. The molecule has 6 heteroatoms. The van der Waals surface area contributed by atoms with E-state index >= 15 is 0 Å². The third-order valence-corrected chi connectivity index (χ3v) is 4.00. The van der Waals surface area contributed by atoms with Gasteiger partial charge in [-0.1, -0.05) is 0 Å². The van der Waals surface area contributed by atoms with Crippen molar-refractivity contribution in [1.82, 2.24) is 15.0 Å². The van der Waals surface area contributed by atoms with Crippen molar-refractivity contribution >= 4 is 22.6 Å². The summed E-state index contributed by atoms with van der Waals surface area (Å²) in [5, 5.41) is 0.983. The van der Waals surface area contributed by atoms with E-state index in [1.165, 1.54) is 0 Å². The van der Waals surface area contributed by atoms with E-state index in [9.17, 15) is 4.79 Å². The van der Waals surface area contributed by atoms with Gasteiger partial charge in [0.05, 0.1) is 13.0 Å². The number of aryl methyl sites for hydroxylation is 1. The summed E-state index contributed by atoms with van der Waals surface area (Å²) in [7, 11) is 0. The van der Waals surface area contributed by atoms with Crippen LogP contribution in [-0.4, -0.2) is 34.0 Å². The first-order chi connectivity index (χ1) is 11.2. The van der Waals surface area contributed by atoms with Crippen LogP contribution in [-0.2, 0) is 11.2 Å². The number of H-pyrrole nitrogens is 1. The van der Waals surface area contributed by atoms with Gasteiger partial charge in [-0.3, -0.25) is 4.79 Å². The van der Waals surface area contributed by atoms with Crippen LogP contribution in [0.15, 0.2) is 36.7 Å². The molecule has 0 aromatic carbocycles. The lowest BCUT2D eigenvalue weighted by Crippen LogP contribution is -2.39. The van der Waals surface area contributed by atoms with E-state index in [0.29, 0.717) is 25.5 Å². The maximum absolute atomic E-state index is 12.8. The summed E-state index contributed by atoms with van der Waals surface area (Å²) in [6.07, 6.45) is 3.90. The van der Waals surface area contributed by atoms with Crippen molar-refractivity contribution in [2.24, 2.45) is 0 Å². The molecule has 0 saturated carbocycles. The van der Waals surface area contributed by atoms with Gasteiger partial charge in [0.1, 0.15) is 17.9 Å². The molecule has 1 aliphatic heterocycles. The second kappa shape index (κ2) is 5.39. The Balaban J connectivity index is 1.63. The summed E-state index contributed by atoms with van der Waals surface area (Å²) >= 11 is 0. The van der Waals surface area contributed by atoms with E-state index in [1.54, 1.807) is 11.1 Å². The molecule has 3 aromatic heterocycles. The maximum atomic E-state index is 12.8. The van der Waals surface area contributed by atoms with Gasteiger partial charge in [-0.2, -0.15) is 0 Å². The van der Waals surface area contributed by atoms with Gasteiger partial charge in [0.25, 0.3) is 0 Å². The number of aromatic nitrogens is 3. The summed E-state index contributed by atoms with van der Waals surface area (Å²) < 4.78 is 5.57. The molecule has 1 N–H and O–H groups in total. The predicted molar refractivity (Wildman–Crippen MR) is 86.6 cm³/mol. The van der Waals surface area contributed by atoms with Gasteiger partial charge in [-0.15, -0.1) is 0 Å². The Kier molecular flexibility index (Phi) is 3.22. The van der Waals surface area contributed by atoms with Crippen LogP contribution in [0.3, 0.4) is 0 Å². The van der Waals surface area contributed by atoms with Gasteiger partial charge >= 0.3 is 0 Å². The third kappa shape index (κ3) is 2.42. The smallest absolute Gasteiger partial charge is 0.238 e. The molecule has 1 aliphatic rings. The molecule has 0 radical (unpaired) electrons. The lowest BCUT2D eigenvalue weighted by atomic mass is 10.1. The molecule has 1 amide bonds. The second-order valence-electron chi connectivity index (χ2n) is 5.56. The van der Waals surface area contributed by atoms with Crippen molar-refractivity contribution in [3.63, 3.8) is 0 Å². The minimum Gasteiger partial charge on any atom is -0.474 e. The number of fused-ring (bicyclic) bond motifs is 2. The molecule has 23 heavy (non-hydrogen) atoms. The molecule has 0 spiro atoms. The highest BCUT2D eigenvalue weighted by molar-refractivity contribution is 5.98. The number of nitrogens with zero attached hydrogens (tertiary/aromatic N) is 3. The monoisotopic (exact) mass is 308 g/mol. The molecule has 116 valence electrons. The van der Waals surface area contributed by atoms with Crippen molar-refractivity contribution in [3.05, 3.63) is 47.9 Å². The highest BCUT2D eigenvalue weighted by atomic mass is 16.5. The van der Waals surface area contributed by atoms with Gasteiger partial charge in [0, 0.05) is 23.5 Å². The fourth-order valence-electron chi connectivity index (χ4n) is 2.87. The fourth-order valence-corrected chi connectivity index (χ4v) is 2.87. The molecule has 0 atom stereocenters. The molecule has 0 fully saturated rings. The molecular weight excluding hydrogens is 292 g/mol. The summed E-state index contributed by atoms with van der Waals surface area (Å²) in [5.41, 5.74) is 3.37. The normalized spacial score (nSPS) is 13.7. The molecule has 4 rings (SSSR count). The zero-order valence-electron chi connectivity index (χ0n) is 12.7. The van der Waals surface area contributed by atoms with Crippen LogP contribution in [0.25, 0.3) is 11.0 Å². The number of nitrogens with one attached hydrogen (secondary N) is 1. The minimum absolute atomic E-state index is 0.0324. The van der Waals surface area contributed by atoms with Crippen molar-refractivity contribution < 1.29 is 9.53 Å². The van der Waals surface area contributed by atoms with Crippen molar-refractivity contribution in [2.75, 3.05) is 18.1 Å². The molecule has 3 aromatic rings. The van der Waals surface area contributed by atoms with Gasteiger partial charge in [0.2, 0.25) is 11.8 Å².